The molecular formula is C18H22N4O. The zero-order chi connectivity index (χ0) is 16.2. The molecule has 1 aromatic heterocycles. The molecule has 1 N–H and O–H groups in total. The molecule has 1 fully saturated rings. The van der Waals surface area contributed by atoms with Gasteiger partial charge in [0.1, 0.15) is 0 Å². The van der Waals surface area contributed by atoms with Gasteiger partial charge in [0.2, 0.25) is 11.9 Å². The number of hydrogen-bond donors (Lipinski definition) is 1. The molecule has 3 rings (SSSR count). The van der Waals surface area contributed by atoms with Crippen LogP contribution >= 0.6 is 0 Å². The maximum Gasteiger partial charge on any atom is 0.225 e. The van der Waals surface area contributed by atoms with Crippen molar-refractivity contribution < 1.29 is 4.79 Å². The molecule has 1 atom stereocenters. The maximum absolute atomic E-state index is 12.2. The first-order valence-electron chi connectivity index (χ1n) is 8.16. The van der Waals surface area contributed by atoms with Crippen molar-refractivity contribution in [2.24, 2.45) is 5.92 Å². The van der Waals surface area contributed by atoms with Crippen molar-refractivity contribution in [2.75, 3.05) is 24.5 Å². The average molecular weight is 310 g/mol. The largest absolute Gasteiger partial charge is 0.345 e. The third-order valence-electron chi connectivity index (χ3n) is 4.39. The number of nitrogens with one attached hydrogen (secondary N) is 1. The Labute approximate surface area is 136 Å². The van der Waals surface area contributed by atoms with Crippen LogP contribution in [0.15, 0.2) is 24.3 Å². The predicted octanol–water partition coefficient (Wildman–Crippen LogP) is 2.02. The number of rotatable bonds is 4. The number of fused-ring (bicyclic) bond motifs is 1. The van der Waals surface area contributed by atoms with E-state index < -0.39 is 0 Å². The van der Waals surface area contributed by atoms with Gasteiger partial charge in [0.15, 0.2) is 0 Å². The lowest BCUT2D eigenvalue weighted by Gasteiger charge is -2.33. The SMILES string of the molecule is C#CCNC(=O)C1CCCN(c2nc3ccccc3n2CC)C1. The number of amides is 1. The van der Waals surface area contributed by atoms with E-state index in [0.717, 1.165) is 42.9 Å². The fourth-order valence-electron chi connectivity index (χ4n) is 3.27. The van der Waals surface area contributed by atoms with Crippen LogP contribution < -0.4 is 10.2 Å². The molecule has 0 bridgehead atoms. The molecule has 23 heavy (non-hydrogen) atoms. The number of carbonyl (C=O) groups excluding carboxylic acids is 1. The summed E-state index contributed by atoms with van der Waals surface area (Å²) in [5.41, 5.74) is 2.15. The zero-order valence-corrected chi connectivity index (χ0v) is 13.5. The van der Waals surface area contributed by atoms with Crippen molar-refractivity contribution in [2.45, 2.75) is 26.3 Å². The number of piperidine rings is 1. The monoisotopic (exact) mass is 310 g/mol. The van der Waals surface area contributed by atoms with Crippen molar-refractivity contribution >= 4 is 22.9 Å². The molecule has 1 unspecified atom stereocenters. The van der Waals surface area contributed by atoms with Gasteiger partial charge in [-0.05, 0) is 31.9 Å². The highest BCUT2D eigenvalue weighted by atomic mass is 16.1. The third kappa shape index (κ3) is 3.02. The predicted molar refractivity (Wildman–Crippen MR) is 92.2 cm³/mol. The van der Waals surface area contributed by atoms with Crippen molar-refractivity contribution in [3.8, 4) is 12.3 Å². The fraction of sp³-hybridized carbons (Fsp3) is 0.444. The lowest BCUT2D eigenvalue weighted by molar-refractivity contribution is -0.125. The number of carbonyl (C=O) groups is 1. The molecular weight excluding hydrogens is 288 g/mol. The number of nitrogens with zero attached hydrogens (tertiary/aromatic N) is 3. The van der Waals surface area contributed by atoms with Gasteiger partial charge in [-0.3, -0.25) is 4.79 Å². The summed E-state index contributed by atoms with van der Waals surface area (Å²) in [5, 5.41) is 2.80. The first-order chi connectivity index (χ1) is 11.2. The lowest BCUT2D eigenvalue weighted by Crippen LogP contribution is -2.44. The fourth-order valence-corrected chi connectivity index (χ4v) is 3.27. The molecule has 1 aliphatic heterocycles. The van der Waals surface area contributed by atoms with Gasteiger partial charge in [0.25, 0.3) is 0 Å². The van der Waals surface area contributed by atoms with Crippen LogP contribution in [-0.4, -0.2) is 35.1 Å². The summed E-state index contributed by atoms with van der Waals surface area (Å²) in [6, 6.07) is 8.17. The first-order valence-corrected chi connectivity index (χ1v) is 8.16. The van der Waals surface area contributed by atoms with Crippen LogP contribution in [0.1, 0.15) is 19.8 Å². The molecule has 120 valence electrons. The van der Waals surface area contributed by atoms with Crippen LogP contribution in [-0.2, 0) is 11.3 Å². The minimum Gasteiger partial charge on any atom is -0.345 e. The van der Waals surface area contributed by atoms with Crippen LogP contribution in [0.5, 0.6) is 0 Å². The second-order valence-corrected chi connectivity index (χ2v) is 5.85. The van der Waals surface area contributed by atoms with Gasteiger partial charge in [-0.25, -0.2) is 4.98 Å². The summed E-state index contributed by atoms with van der Waals surface area (Å²) in [4.78, 5) is 19.2. The molecule has 0 spiro atoms. The van der Waals surface area contributed by atoms with E-state index in [1.807, 2.05) is 18.2 Å². The highest BCUT2D eigenvalue weighted by Crippen LogP contribution is 2.26. The smallest absolute Gasteiger partial charge is 0.225 e. The highest BCUT2D eigenvalue weighted by molar-refractivity contribution is 5.81. The Balaban J connectivity index is 1.84. The van der Waals surface area contributed by atoms with Gasteiger partial charge < -0.3 is 14.8 Å². The molecule has 0 radical (unpaired) electrons. The molecule has 1 aromatic carbocycles. The Morgan fingerprint density at radius 1 is 1.48 bits per heavy atom. The van der Waals surface area contributed by atoms with Gasteiger partial charge in [0.05, 0.1) is 23.5 Å². The van der Waals surface area contributed by atoms with E-state index in [4.69, 9.17) is 11.4 Å². The summed E-state index contributed by atoms with van der Waals surface area (Å²) in [6.45, 7) is 4.91. The number of para-hydroxylation sites is 2. The summed E-state index contributed by atoms with van der Waals surface area (Å²) in [7, 11) is 0. The highest BCUT2D eigenvalue weighted by Gasteiger charge is 2.28. The third-order valence-corrected chi connectivity index (χ3v) is 4.39. The Morgan fingerprint density at radius 3 is 3.09 bits per heavy atom. The van der Waals surface area contributed by atoms with Crippen LogP contribution in [0.3, 0.4) is 0 Å². The van der Waals surface area contributed by atoms with E-state index >= 15 is 0 Å². The molecule has 1 amide bonds. The molecule has 0 saturated carbocycles. The average Bonchev–Trinajstić information content (AvgIpc) is 2.98. The van der Waals surface area contributed by atoms with E-state index in [1.165, 1.54) is 0 Å². The van der Waals surface area contributed by atoms with E-state index in [-0.39, 0.29) is 11.8 Å². The Bertz CT molecular complexity index is 743. The molecule has 1 saturated heterocycles. The van der Waals surface area contributed by atoms with Gasteiger partial charge in [-0.2, -0.15) is 0 Å². The summed E-state index contributed by atoms with van der Waals surface area (Å²) >= 11 is 0. The van der Waals surface area contributed by atoms with Crippen molar-refractivity contribution in [3.05, 3.63) is 24.3 Å². The lowest BCUT2D eigenvalue weighted by atomic mass is 9.97. The van der Waals surface area contributed by atoms with E-state index in [0.29, 0.717) is 13.1 Å². The van der Waals surface area contributed by atoms with Gasteiger partial charge in [-0.1, -0.05) is 18.1 Å². The van der Waals surface area contributed by atoms with Crippen molar-refractivity contribution in [1.29, 1.82) is 0 Å². The number of terminal acetylenes is 1. The number of aromatic nitrogens is 2. The molecule has 0 aliphatic carbocycles. The van der Waals surface area contributed by atoms with Crippen LogP contribution in [0, 0.1) is 18.3 Å². The van der Waals surface area contributed by atoms with Gasteiger partial charge >= 0.3 is 0 Å². The Morgan fingerprint density at radius 2 is 2.30 bits per heavy atom. The van der Waals surface area contributed by atoms with E-state index in [2.05, 4.69) is 33.7 Å². The second kappa shape index (κ2) is 6.74. The normalized spacial score (nSPS) is 17.9. The van der Waals surface area contributed by atoms with Crippen LogP contribution in [0.25, 0.3) is 11.0 Å². The molecule has 2 aromatic rings. The zero-order valence-electron chi connectivity index (χ0n) is 13.5. The van der Waals surface area contributed by atoms with Crippen molar-refractivity contribution in [3.63, 3.8) is 0 Å². The molecule has 2 heterocycles. The topological polar surface area (TPSA) is 50.2 Å². The summed E-state index contributed by atoms with van der Waals surface area (Å²) in [5.74, 6) is 3.44. The minimum absolute atomic E-state index is 0.0257. The van der Waals surface area contributed by atoms with Crippen molar-refractivity contribution in [1.82, 2.24) is 14.9 Å². The minimum atomic E-state index is -0.0257. The Kier molecular flexibility index (Phi) is 4.52. The van der Waals surface area contributed by atoms with E-state index in [9.17, 15) is 4.79 Å². The van der Waals surface area contributed by atoms with Crippen LogP contribution in [0.4, 0.5) is 5.95 Å². The van der Waals surface area contributed by atoms with E-state index in [1.54, 1.807) is 0 Å². The quantitative estimate of drug-likeness (QED) is 0.879. The number of imidazole rings is 1. The molecule has 5 heteroatoms. The second-order valence-electron chi connectivity index (χ2n) is 5.85. The molecule has 5 nitrogen and oxygen atoms in total. The summed E-state index contributed by atoms with van der Waals surface area (Å²) < 4.78 is 2.22. The first kappa shape index (κ1) is 15.4. The summed E-state index contributed by atoms with van der Waals surface area (Å²) in [6.07, 6.45) is 7.11. The maximum atomic E-state index is 12.2. The number of benzene rings is 1. The number of aryl methyl sites for hydroxylation is 1. The molecule has 1 aliphatic rings. The number of hydrogen-bond acceptors (Lipinski definition) is 3. The standard InChI is InChI=1S/C18H22N4O/c1-3-11-19-17(23)14-8-7-12-21(13-14)18-20-15-9-5-6-10-16(15)22(18)4-2/h1,5-6,9-10,14H,4,7-8,11-13H2,2H3,(H,19,23). The Hall–Kier alpha value is -2.48. The van der Waals surface area contributed by atoms with Crippen LogP contribution in [0.2, 0.25) is 0 Å². The van der Waals surface area contributed by atoms with Gasteiger partial charge in [0, 0.05) is 19.6 Å². The number of anilines is 1. The van der Waals surface area contributed by atoms with Gasteiger partial charge in [-0.15, -0.1) is 6.42 Å².